The molecule has 3 nitrogen and oxygen atoms in total. The minimum atomic E-state index is -3.66. The highest BCUT2D eigenvalue weighted by Crippen LogP contribution is 2.42. The molecule has 0 bridgehead atoms. The van der Waals surface area contributed by atoms with Gasteiger partial charge < -0.3 is 0 Å². The molecular formula is C18H18ClNO2S. The van der Waals surface area contributed by atoms with Crippen LogP contribution < -0.4 is 5.14 Å². The fourth-order valence-corrected chi connectivity index (χ4v) is 3.93. The van der Waals surface area contributed by atoms with Crippen molar-refractivity contribution in [2.24, 2.45) is 5.14 Å². The van der Waals surface area contributed by atoms with E-state index in [0.717, 1.165) is 41.0 Å². The Hall–Kier alpha value is -1.62. The van der Waals surface area contributed by atoms with Crippen LogP contribution in [0.2, 0.25) is 5.02 Å². The van der Waals surface area contributed by atoms with Gasteiger partial charge >= 0.3 is 0 Å². The van der Waals surface area contributed by atoms with Gasteiger partial charge in [-0.2, -0.15) is 0 Å². The Balaban J connectivity index is 2.06. The Labute approximate surface area is 141 Å². The molecule has 0 spiro atoms. The number of halogens is 1. The van der Waals surface area contributed by atoms with Crippen molar-refractivity contribution in [3.05, 3.63) is 64.2 Å². The number of allylic oxidation sites excluding steroid dienone is 2. The molecule has 120 valence electrons. The zero-order valence-electron chi connectivity index (χ0n) is 12.8. The Kier molecular flexibility index (Phi) is 4.32. The van der Waals surface area contributed by atoms with Crippen molar-refractivity contribution in [3.63, 3.8) is 0 Å². The molecule has 0 saturated carbocycles. The van der Waals surface area contributed by atoms with E-state index in [1.54, 1.807) is 12.1 Å². The molecule has 0 atom stereocenters. The van der Waals surface area contributed by atoms with Crippen LogP contribution in [-0.4, -0.2) is 8.42 Å². The van der Waals surface area contributed by atoms with Gasteiger partial charge in [0.25, 0.3) is 0 Å². The molecule has 0 fully saturated rings. The summed E-state index contributed by atoms with van der Waals surface area (Å²) < 4.78 is 22.8. The third-order valence-electron chi connectivity index (χ3n) is 4.20. The summed E-state index contributed by atoms with van der Waals surface area (Å²) in [5.41, 5.74) is 5.72. The highest BCUT2D eigenvalue weighted by Gasteiger charge is 2.20. The van der Waals surface area contributed by atoms with Crippen LogP contribution >= 0.6 is 11.6 Å². The van der Waals surface area contributed by atoms with Crippen molar-refractivity contribution in [2.45, 2.75) is 31.1 Å². The first-order chi connectivity index (χ1) is 10.9. The number of benzene rings is 2. The van der Waals surface area contributed by atoms with Crippen molar-refractivity contribution >= 4 is 32.8 Å². The normalized spacial score (nSPS) is 15.3. The molecule has 0 aliphatic heterocycles. The van der Waals surface area contributed by atoms with E-state index in [1.807, 2.05) is 25.1 Å². The van der Waals surface area contributed by atoms with E-state index < -0.39 is 10.0 Å². The summed E-state index contributed by atoms with van der Waals surface area (Å²) in [5.74, 6) is 0. The monoisotopic (exact) mass is 347 g/mol. The van der Waals surface area contributed by atoms with Crippen molar-refractivity contribution < 1.29 is 8.42 Å². The maximum absolute atomic E-state index is 11.4. The SMILES string of the molecule is Cc1ccc(C2=C(c3ccc(S(N)(=O)=O)cc3)CCC2)c(Cl)c1. The van der Waals surface area contributed by atoms with E-state index in [9.17, 15) is 8.42 Å². The third-order valence-corrected chi connectivity index (χ3v) is 5.44. The first-order valence-corrected chi connectivity index (χ1v) is 9.40. The second kappa shape index (κ2) is 6.11. The maximum atomic E-state index is 11.4. The van der Waals surface area contributed by atoms with Gasteiger partial charge in [0, 0.05) is 5.02 Å². The van der Waals surface area contributed by atoms with Crippen molar-refractivity contribution in [1.29, 1.82) is 0 Å². The lowest BCUT2D eigenvalue weighted by Crippen LogP contribution is -2.11. The number of hydrogen-bond acceptors (Lipinski definition) is 2. The molecule has 2 N–H and O–H groups in total. The fourth-order valence-electron chi connectivity index (χ4n) is 3.07. The molecule has 23 heavy (non-hydrogen) atoms. The Morgan fingerprint density at radius 2 is 1.65 bits per heavy atom. The van der Waals surface area contributed by atoms with Gasteiger partial charge in [-0.15, -0.1) is 0 Å². The highest BCUT2D eigenvalue weighted by atomic mass is 35.5. The van der Waals surface area contributed by atoms with E-state index in [2.05, 4.69) is 12.1 Å². The van der Waals surface area contributed by atoms with Crippen LogP contribution in [0.25, 0.3) is 11.1 Å². The first-order valence-electron chi connectivity index (χ1n) is 7.48. The Morgan fingerprint density at radius 3 is 2.26 bits per heavy atom. The van der Waals surface area contributed by atoms with Crippen LogP contribution in [0.3, 0.4) is 0 Å². The van der Waals surface area contributed by atoms with Crippen molar-refractivity contribution in [3.8, 4) is 0 Å². The number of nitrogens with two attached hydrogens (primary N) is 1. The lowest BCUT2D eigenvalue weighted by molar-refractivity contribution is 0.598. The number of rotatable bonds is 3. The standard InChI is InChI=1S/C18H18ClNO2S/c1-12-5-10-17(18(19)11-12)16-4-2-3-15(16)13-6-8-14(9-7-13)23(20,21)22/h5-11H,2-4H2,1H3,(H2,20,21,22). The number of primary sulfonamides is 1. The molecule has 1 aliphatic rings. The van der Waals surface area contributed by atoms with E-state index >= 15 is 0 Å². The van der Waals surface area contributed by atoms with E-state index in [1.165, 1.54) is 11.1 Å². The molecule has 0 aromatic heterocycles. The van der Waals surface area contributed by atoms with Gasteiger partial charge in [0.1, 0.15) is 0 Å². The fraction of sp³-hybridized carbons (Fsp3) is 0.222. The average molecular weight is 348 g/mol. The summed E-state index contributed by atoms with van der Waals surface area (Å²) in [7, 11) is -3.66. The van der Waals surface area contributed by atoms with Crippen molar-refractivity contribution in [1.82, 2.24) is 0 Å². The van der Waals surface area contributed by atoms with Crippen LogP contribution in [-0.2, 0) is 10.0 Å². The van der Waals surface area contributed by atoms with E-state index in [0.29, 0.717) is 0 Å². The molecule has 0 saturated heterocycles. The van der Waals surface area contributed by atoms with Gasteiger partial charge in [-0.3, -0.25) is 0 Å². The van der Waals surface area contributed by atoms with Crippen LogP contribution in [0.1, 0.15) is 36.0 Å². The predicted octanol–water partition coefficient (Wildman–Crippen LogP) is 4.39. The van der Waals surface area contributed by atoms with Gasteiger partial charge in [0.05, 0.1) is 4.90 Å². The lowest BCUT2D eigenvalue weighted by atomic mass is 9.96. The van der Waals surface area contributed by atoms with E-state index in [4.69, 9.17) is 16.7 Å². The van der Waals surface area contributed by atoms with Gasteiger partial charge in [-0.05, 0) is 72.2 Å². The summed E-state index contributed by atoms with van der Waals surface area (Å²) in [6, 6.07) is 12.9. The van der Waals surface area contributed by atoms with Gasteiger partial charge in [0.15, 0.2) is 0 Å². The molecule has 2 aromatic rings. The second-order valence-corrected chi connectivity index (χ2v) is 7.83. The largest absolute Gasteiger partial charge is 0.238 e. The summed E-state index contributed by atoms with van der Waals surface area (Å²) in [5, 5.41) is 5.92. The predicted molar refractivity (Wildman–Crippen MR) is 94.7 cm³/mol. The maximum Gasteiger partial charge on any atom is 0.238 e. The molecule has 0 amide bonds. The average Bonchev–Trinajstić information content (AvgIpc) is 2.95. The van der Waals surface area contributed by atoms with Gasteiger partial charge in [-0.1, -0.05) is 35.9 Å². The molecule has 5 heteroatoms. The van der Waals surface area contributed by atoms with Crippen LogP contribution in [0.5, 0.6) is 0 Å². The molecule has 0 heterocycles. The van der Waals surface area contributed by atoms with Crippen molar-refractivity contribution in [2.75, 3.05) is 0 Å². The van der Waals surface area contributed by atoms with Gasteiger partial charge in [0.2, 0.25) is 10.0 Å². The highest BCUT2D eigenvalue weighted by molar-refractivity contribution is 7.89. The third kappa shape index (κ3) is 3.34. The summed E-state index contributed by atoms with van der Waals surface area (Å²) in [6.07, 6.45) is 3.02. The summed E-state index contributed by atoms with van der Waals surface area (Å²) >= 11 is 6.42. The molecule has 2 aromatic carbocycles. The minimum Gasteiger partial charge on any atom is -0.225 e. The van der Waals surface area contributed by atoms with Gasteiger partial charge in [-0.25, -0.2) is 13.6 Å². The first kappa shape index (κ1) is 16.2. The topological polar surface area (TPSA) is 60.2 Å². The number of hydrogen-bond donors (Lipinski definition) is 1. The second-order valence-electron chi connectivity index (χ2n) is 5.86. The van der Waals surface area contributed by atoms with Crippen LogP contribution in [0, 0.1) is 6.92 Å². The molecule has 0 unspecified atom stereocenters. The van der Waals surface area contributed by atoms with Crippen LogP contribution in [0.15, 0.2) is 47.4 Å². The Bertz CT molecular complexity index is 884. The molecule has 0 radical (unpaired) electrons. The summed E-state index contributed by atoms with van der Waals surface area (Å²) in [6.45, 7) is 2.02. The quantitative estimate of drug-likeness (QED) is 0.895. The molecule has 1 aliphatic carbocycles. The number of aryl methyl sites for hydroxylation is 1. The zero-order chi connectivity index (χ0) is 16.6. The molecule has 3 rings (SSSR count). The van der Waals surface area contributed by atoms with Crippen LogP contribution in [0.4, 0.5) is 0 Å². The molecular weight excluding hydrogens is 330 g/mol. The zero-order valence-corrected chi connectivity index (χ0v) is 14.4. The lowest BCUT2D eigenvalue weighted by Gasteiger charge is -2.11. The Morgan fingerprint density at radius 1 is 1.00 bits per heavy atom. The van der Waals surface area contributed by atoms with E-state index in [-0.39, 0.29) is 4.90 Å². The smallest absolute Gasteiger partial charge is 0.225 e. The minimum absolute atomic E-state index is 0.134. The summed E-state index contributed by atoms with van der Waals surface area (Å²) in [4.78, 5) is 0.134. The number of sulfonamides is 1.